The Labute approximate surface area is 116 Å². The van der Waals surface area contributed by atoms with Crippen molar-refractivity contribution in [3.05, 3.63) is 47.7 Å². The van der Waals surface area contributed by atoms with Crippen LogP contribution < -0.4 is 0 Å². The van der Waals surface area contributed by atoms with Crippen LogP contribution >= 0.6 is 0 Å². The van der Waals surface area contributed by atoms with Crippen LogP contribution in [0.5, 0.6) is 0 Å². The summed E-state index contributed by atoms with van der Waals surface area (Å²) in [7, 11) is 0. The number of hydrogen-bond donors (Lipinski definition) is 2. The van der Waals surface area contributed by atoms with Crippen molar-refractivity contribution in [1.82, 2.24) is 0 Å². The fraction of sp³-hybridized carbons (Fsp3) is 0.267. The van der Waals surface area contributed by atoms with E-state index in [2.05, 4.69) is 6.58 Å². The molecular formula is C15H16O5. The molecule has 106 valence electrons. The first-order valence-electron chi connectivity index (χ1n) is 6.02. The Bertz CT molecular complexity index is 559. The number of rotatable bonds is 6. The van der Waals surface area contributed by atoms with E-state index in [0.717, 1.165) is 0 Å². The van der Waals surface area contributed by atoms with E-state index in [1.807, 2.05) is 0 Å². The Morgan fingerprint density at radius 3 is 2.00 bits per heavy atom. The molecule has 0 saturated heterocycles. The summed E-state index contributed by atoms with van der Waals surface area (Å²) in [6.07, 6.45) is 0. The SMILES string of the molecule is C=C(O)C(C(=O)O)C(C)C(=O)c1ccccc1C(C)=O. The van der Waals surface area contributed by atoms with Crippen LogP contribution in [0.2, 0.25) is 0 Å². The van der Waals surface area contributed by atoms with Gasteiger partial charge in [0.15, 0.2) is 11.6 Å². The second-order valence-corrected chi connectivity index (χ2v) is 4.56. The number of aliphatic hydroxyl groups excluding tert-OH is 1. The van der Waals surface area contributed by atoms with Gasteiger partial charge in [-0.1, -0.05) is 37.8 Å². The molecule has 1 aromatic carbocycles. The molecule has 2 atom stereocenters. The average Bonchev–Trinajstić information content (AvgIpc) is 2.36. The van der Waals surface area contributed by atoms with Crippen molar-refractivity contribution < 1.29 is 24.6 Å². The molecule has 0 heterocycles. The lowest BCUT2D eigenvalue weighted by atomic mass is 9.84. The van der Waals surface area contributed by atoms with E-state index in [9.17, 15) is 19.5 Å². The molecular weight excluding hydrogens is 260 g/mol. The van der Waals surface area contributed by atoms with Crippen molar-refractivity contribution in [1.29, 1.82) is 0 Å². The number of carbonyl (C=O) groups excluding carboxylic acids is 2. The lowest BCUT2D eigenvalue weighted by Gasteiger charge is -2.19. The van der Waals surface area contributed by atoms with Gasteiger partial charge in [0.05, 0.1) is 0 Å². The van der Waals surface area contributed by atoms with Gasteiger partial charge < -0.3 is 10.2 Å². The monoisotopic (exact) mass is 276 g/mol. The van der Waals surface area contributed by atoms with Gasteiger partial charge >= 0.3 is 5.97 Å². The second-order valence-electron chi connectivity index (χ2n) is 4.56. The van der Waals surface area contributed by atoms with Gasteiger partial charge in [-0.05, 0) is 6.92 Å². The molecule has 0 aliphatic rings. The molecule has 0 bridgehead atoms. The molecule has 0 aromatic heterocycles. The van der Waals surface area contributed by atoms with E-state index in [-0.39, 0.29) is 16.9 Å². The lowest BCUT2D eigenvalue weighted by molar-refractivity contribution is -0.142. The molecule has 0 radical (unpaired) electrons. The third kappa shape index (κ3) is 3.12. The standard InChI is InChI=1S/C15H16O5/c1-8(13(10(3)17)15(19)20)14(18)12-7-5-4-6-11(12)9(2)16/h4-8,13,17H,3H2,1-2H3,(H,19,20). The summed E-state index contributed by atoms with van der Waals surface area (Å²) in [6, 6.07) is 6.19. The number of aliphatic hydroxyl groups is 1. The predicted molar refractivity (Wildman–Crippen MR) is 72.8 cm³/mol. The minimum absolute atomic E-state index is 0.153. The number of ketones is 2. The van der Waals surface area contributed by atoms with Gasteiger partial charge in [0.25, 0.3) is 0 Å². The van der Waals surface area contributed by atoms with Crippen LogP contribution in [-0.2, 0) is 4.79 Å². The van der Waals surface area contributed by atoms with Gasteiger partial charge in [-0.3, -0.25) is 14.4 Å². The molecule has 20 heavy (non-hydrogen) atoms. The van der Waals surface area contributed by atoms with Gasteiger partial charge in [0.1, 0.15) is 11.7 Å². The number of Topliss-reactive ketones (excluding diaryl/α,β-unsaturated/α-hetero) is 2. The zero-order valence-corrected chi connectivity index (χ0v) is 11.3. The molecule has 1 aromatic rings. The molecule has 0 spiro atoms. The van der Waals surface area contributed by atoms with Crippen LogP contribution in [0.3, 0.4) is 0 Å². The number of carboxylic acids is 1. The fourth-order valence-corrected chi connectivity index (χ4v) is 2.05. The van der Waals surface area contributed by atoms with Crippen LogP contribution in [-0.4, -0.2) is 27.7 Å². The highest BCUT2D eigenvalue weighted by atomic mass is 16.4. The van der Waals surface area contributed by atoms with Crippen LogP contribution in [0.25, 0.3) is 0 Å². The molecule has 2 N–H and O–H groups in total. The molecule has 0 saturated carbocycles. The summed E-state index contributed by atoms with van der Waals surface area (Å²) < 4.78 is 0. The van der Waals surface area contributed by atoms with E-state index in [4.69, 9.17) is 5.11 Å². The zero-order valence-electron chi connectivity index (χ0n) is 11.3. The molecule has 0 aliphatic carbocycles. The van der Waals surface area contributed by atoms with Gasteiger partial charge in [-0.25, -0.2) is 0 Å². The minimum atomic E-state index is -1.40. The molecule has 5 nitrogen and oxygen atoms in total. The van der Waals surface area contributed by atoms with E-state index in [0.29, 0.717) is 0 Å². The van der Waals surface area contributed by atoms with Gasteiger partial charge in [-0.15, -0.1) is 0 Å². The largest absolute Gasteiger partial charge is 0.512 e. The summed E-state index contributed by atoms with van der Waals surface area (Å²) in [5.74, 6) is -5.14. The molecule has 5 heteroatoms. The smallest absolute Gasteiger partial charge is 0.314 e. The third-order valence-corrected chi connectivity index (χ3v) is 3.11. The molecule has 1 rings (SSSR count). The number of carboxylic acid groups (broad SMARTS) is 1. The lowest BCUT2D eigenvalue weighted by Crippen LogP contribution is -2.30. The van der Waals surface area contributed by atoms with Gasteiger partial charge in [0.2, 0.25) is 0 Å². The molecule has 2 unspecified atom stereocenters. The normalized spacial score (nSPS) is 13.3. The van der Waals surface area contributed by atoms with Crippen molar-refractivity contribution in [2.24, 2.45) is 11.8 Å². The van der Waals surface area contributed by atoms with Gasteiger partial charge in [-0.2, -0.15) is 0 Å². The number of aliphatic carboxylic acids is 1. The number of carbonyl (C=O) groups is 3. The maximum absolute atomic E-state index is 12.4. The molecule has 0 amide bonds. The summed E-state index contributed by atoms with van der Waals surface area (Å²) in [5.41, 5.74) is 0.386. The van der Waals surface area contributed by atoms with Crippen molar-refractivity contribution in [3.63, 3.8) is 0 Å². The first-order chi connectivity index (χ1) is 9.27. The van der Waals surface area contributed by atoms with E-state index < -0.39 is 29.3 Å². The summed E-state index contributed by atoms with van der Waals surface area (Å²) >= 11 is 0. The highest BCUT2D eigenvalue weighted by molar-refractivity contribution is 6.09. The van der Waals surface area contributed by atoms with Crippen molar-refractivity contribution >= 4 is 17.5 Å². The maximum Gasteiger partial charge on any atom is 0.314 e. The first kappa shape index (κ1) is 15.6. The second kappa shape index (κ2) is 6.14. The van der Waals surface area contributed by atoms with Gasteiger partial charge in [0, 0.05) is 17.0 Å². The highest BCUT2D eigenvalue weighted by Crippen LogP contribution is 2.24. The Balaban J connectivity index is 3.21. The van der Waals surface area contributed by atoms with E-state index >= 15 is 0 Å². The molecule has 0 aliphatic heterocycles. The summed E-state index contributed by atoms with van der Waals surface area (Å²) in [6.45, 7) is 5.91. The van der Waals surface area contributed by atoms with Crippen LogP contribution in [0.1, 0.15) is 34.6 Å². The first-order valence-corrected chi connectivity index (χ1v) is 6.02. The van der Waals surface area contributed by atoms with Crippen molar-refractivity contribution in [2.75, 3.05) is 0 Å². The number of benzene rings is 1. The quantitative estimate of drug-likeness (QED) is 0.615. The van der Waals surface area contributed by atoms with Crippen molar-refractivity contribution in [2.45, 2.75) is 13.8 Å². The van der Waals surface area contributed by atoms with Crippen molar-refractivity contribution in [3.8, 4) is 0 Å². The average molecular weight is 276 g/mol. The summed E-state index contributed by atoms with van der Waals surface area (Å²) in [4.78, 5) is 34.9. The fourth-order valence-electron chi connectivity index (χ4n) is 2.05. The highest BCUT2D eigenvalue weighted by Gasteiger charge is 2.34. The number of hydrogen-bond acceptors (Lipinski definition) is 4. The minimum Gasteiger partial charge on any atom is -0.512 e. The van der Waals surface area contributed by atoms with Crippen LogP contribution in [0, 0.1) is 11.8 Å². The van der Waals surface area contributed by atoms with Crippen LogP contribution in [0.4, 0.5) is 0 Å². The maximum atomic E-state index is 12.4. The third-order valence-electron chi connectivity index (χ3n) is 3.11. The Hall–Kier alpha value is -2.43. The van der Waals surface area contributed by atoms with Crippen LogP contribution in [0.15, 0.2) is 36.6 Å². The zero-order chi connectivity index (χ0) is 15.4. The van der Waals surface area contributed by atoms with E-state index in [1.165, 1.54) is 26.0 Å². The Morgan fingerprint density at radius 1 is 1.10 bits per heavy atom. The topological polar surface area (TPSA) is 91.7 Å². The summed E-state index contributed by atoms with van der Waals surface area (Å²) in [5, 5.41) is 18.4. The Kier molecular flexibility index (Phi) is 4.80. The predicted octanol–water partition coefficient (Wildman–Crippen LogP) is 2.48. The Morgan fingerprint density at radius 2 is 1.60 bits per heavy atom. The van der Waals surface area contributed by atoms with E-state index in [1.54, 1.807) is 12.1 Å². The molecule has 0 fully saturated rings.